The quantitative estimate of drug-likeness (QED) is 0.780. The molecule has 0 amide bonds. The van der Waals surface area contributed by atoms with Gasteiger partial charge in [-0.1, -0.05) is 20.8 Å². The first kappa shape index (κ1) is 15.2. The zero-order valence-corrected chi connectivity index (χ0v) is 11.6. The Labute approximate surface area is 112 Å². The summed E-state index contributed by atoms with van der Waals surface area (Å²) in [5.41, 5.74) is -0.167. The van der Waals surface area contributed by atoms with Crippen molar-refractivity contribution >= 4 is 11.8 Å². The van der Waals surface area contributed by atoms with Gasteiger partial charge in [0.05, 0.1) is 5.92 Å². The number of hydrogen-bond acceptors (Lipinski definition) is 4. The molecule has 0 aliphatic heterocycles. The summed E-state index contributed by atoms with van der Waals surface area (Å²) in [5, 5.41) is 11.7. The van der Waals surface area contributed by atoms with Crippen LogP contribution in [0.1, 0.15) is 27.2 Å². The summed E-state index contributed by atoms with van der Waals surface area (Å²) < 4.78 is 1.61. The molecule has 6 nitrogen and oxygen atoms in total. The molecule has 0 aromatic carbocycles. The van der Waals surface area contributed by atoms with Crippen molar-refractivity contribution in [2.75, 3.05) is 11.9 Å². The van der Waals surface area contributed by atoms with E-state index in [-0.39, 0.29) is 11.4 Å². The summed E-state index contributed by atoms with van der Waals surface area (Å²) in [6.07, 6.45) is 3.69. The first-order valence-electron chi connectivity index (χ1n) is 6.44. The number of anilines is 1. The van der Waals surface area contributed by atoms with Crippen molar-refractivity contribution in [3.63, 3.8) is 0 Å². The molecule has 0 fully saturated rings. The van der Waals surface area contributed by atoms with Crippen LogP contribution in [0.2, 0.25) is 0 Å². The fourth-order valence-corrected chi connectivity index (χ4v) is 1.64. The number of nitrogens with zero attached hydrogens (tertiary/aromatic N) is 2. The maximum absolute atomic E-state index is 12.0. The van der Waals surface area contributed by atoms with Gasteiger partial charge in [0, 0.05) is 25.5 Å². The van der Waals surface area contributed by atoms with Crippen LogP contribution in [0.4, 0.5) is 5.82 Å². The lowest BCUT2D eigenvalue weighted by Gasteiger charge is -2.11. The fraction of sp³-hybridized carbons (Fsp3) is 0.615. The Morgan fingerprint density at radius 2 is 2.16 bits per heavy atom. The van der Waals surface area contributed by atoms with E-state index in [1.807, 2.05) is 13.8 Å². The molecule has 1 heterocycles. The third-order valence-corrected chi connectivity index (χ3v) is 2.77. The summed E-state index contributed by atoms with van der Waals surface area (Å²) >= 11 is 0. The highest BCUT2D eigenvalue weighted by molar-refractivity contribution is 5.69. The van der Waals surface area contributed by atoms with E-state index >= 15 is 0 Å². The van der Waals surface area contributed by atoms with Gasteiger partial charge in [0.1, 0.15) is 0 Å². The normalized spacial score (nSPS) is 12.4. The lowest BCUT2D eigenvalue weighted by atomic mass is 10.1. The van der Waals surface area contributed by atoms with Crippen LogP contribution in [-0.4, -0.2) is 27.2 Å². The molecule has 1 unspecified atom stereocenters. The third kappa shape index (κ3) is 4.73. The Morgan fingerprint density at radius 3 is 2.74 bits per heavy atom. The summed E-state index contributed by atoms with van der Waals surface area (Å²) in [7, 11) is 0. The van der Waals surface area contributed by atoms with Gasteiger partial charge in [0.25, 0.3) is 5.56 Å². The molecule has 0 aliphatic rings. The molecule has 0 saturated heterocycles. The average Bonchev–Trinajstić information content (AvgIpc) is 2.32. The highest BCUT2D eigenvalue weighted by atomic mass is 16.4. The van der Waals surface area contributed by atoms with E-state index in [0.29, 0.717) is 25.4 Å². The van der Waals surface area contributed by atoms with Crippen molar-refractivity contribution in [2.45, 2.75) is 33.7 Å². The van der Waals surface area contributed by atoms with E-state index in [9.17, 15) is 9.59 Å². The number of carboxylic acids is 1. The third-order valence-electron chi connectivity index (χ3n) is 2.77. The Morgan fingerprint density at radius 1 is 1.47 bits per heavy atom. The Balaban J connectivity index is 2.64. The minimum absolute atomic E-state index is 0.167. The standard InChI is InChI=1S/C13H21N3O3/c1-9(2)8-16-7-6-15-11(12(16)17)14-5-4-10(3)13(18)19/h6-7,9-10H,4-5,8H2,1-3H3,(H,14,15)(H,18,19). The molecule has 0 bridgehead atoms. The number of rotatable bonds is 7. The maximum Gasteiger partial charge on any atom is 0.306 e. The highest BCUT2D eigenvalue weighted by Gasteiger charge is 2.11. The zero-order chi connectivity index (χ0) is 14.4. The van der Waals surface area contributed by atoms with Gasteiger partial charge < -0.3 is 15.0 Å². The average molecular weight is 267 g/mol. The molecule has 0 spiro atoms. The summed E-state index contributed by atoms with van der Waals surface area (Å²) in [6.45, 7) is 6.77. The van der Waals surface area contributed by atoms with Crippen molar-refractivity contribution in [3.8, 4) is 0 Å². The van der Waals surface area contributed by atoms with Crippen molar-refractivity contribution in [1.29, 1.82) is 0 Å². The number of aliphatic carboxylic acids is 1. The van der Waals surface area contributed by atoms with Gasteiger partial charge in [0.15, 0.2) is 5.82 Å². The van der Waals surface area contributed by atoms with Gasteiger partial charge in [-0.25, -0.2) is 4.98 Å². The van der Waals surface area contributed by atoms with E-state index in [2.05, 4.69) is 10.3 Å². The Hall–Kier alpha value is -1.85. The van der Waals surface area contributed by atoms with Gasteiger partial charge in [-0.05, 0) is 12.3 Å². The molecule has 106 valence electrons. The molecule has 1 rings (SSSR count). The van der Waals surface area contributed by atoms with Crippen LogP contribution in [0.5, 0.6) is 0 Å². The van der Waals surface area contributed by atoms with Crippen LogP contribution in [0, 0.1) is 11.8 Å². The molecule has 1 atom stereocenters. The first-order chi connectivity index (χ1) is 8.91. The van der Waals surface area contributed by atoms with Crippen LogP contribution in [-0.2, 0) is 11.3 Å². The van der Waals surface area contributed by atoms with E-state index in [4.69, 9.17) is 5.11 Å². The second-order valence-corrected chi connectivity index (χ2v) is 5.08. The Bertz CT molecular complexity index is 482. The molecule has 1 aromatic rings. The monoisotopic (exact) mass is 267 g/mol. The van der Waals surface area contributed by atoms with Gasteiger partial charge in [-0.3, -0.25) is 9.59 Å². The molecular weight excluding hydrogens is 246 g/mol. The van der Waals surface area contributed by atoms with Crippen molar-refractivity contribution in [3.05, 3.63) is 22.7 Å². The predicted octanol–water partition coefficient (Wildman–Crippen LogP) is 1.42. The number of carboxylic acid groups (broad SMARTS) is 1. The summed E-state index contributed by atoms with van der Waals surface area (Å²) in [4.78, 5) is 26.7. The fourth-order valence-electron chi connectivity index (χ4n) is 1.64. The van der Waals surface area contributed by atoms with Crippen LogP contribution < -0.4 is 10.9 Å². The zero-order valence-electron chi connectivity index (χ0n) is 11.6. The smallest absolute Gasteiger partial charge is 0.306 e. The minimum atomic E-state index is -0.833. The molecule has 2 N–H and O–H groups in total. The van der Waals surface area contributed by atoms with Gasteiger partial charge in [-0.2, -0.15) is 0 Å². The van der Waals surface area contributed by atoms with Crippen LogP contribution in [0.3, 0.4) is 0 Å². The molecule has 19 heavy (non-hydrogen) atoms. The highest BCUT2D eigenvalue weighted by Crippen LogP contribution is 2.03. The number of nitrogens with one attached hydrogen (secondary N) is 1. The molecule has 6 heteroatoms. The lowest BCUT2D eigenvalue weighted by molar-refractivity contribution is -0.141. The Kier molecular flexibility index (Phi) is 5.54. The van der Waals surface area contributed by atoms with Crippen LogP contribution in [0.15, 0.2) is 17.2 Å². The predicted molar refractivity (Wildman–Crippen MR) is 73.2 cm³/mol. The molecule has 1 aromatic heterocycles. The van der Waals surface area contributed by atoms with Crippen molar-refractivity contribution in [2.24, 2.45) is 11.8 Å². The maximum atomic E-state index is 12.0. The first-order valence-corrected chi connectivity index (χ1v) is 6.44. The van der Waals surface area contributed by atoms with Gasteiger partial charge >= 0.3 is 5.97 Å². The molecule has 0 radical (unpaired) electrons. The minimum Gasteiger partial charge on any atom is -0.481 e. The second kappa shape index (κ2) is 6.92. The largest absolute Gasteiger partial charge is 0.481 e. The topological polar surface area (TPSA) is 84.2 Å². The number of carbonyl (C=O) groups is 1. The van der Waals surface area contributed by atoms with Gasteiger partial charge in [-0.15, -0.1) is 0 Å². The number of hydrogen-bond donors (Lipinski definition) is 2. The number of aromatic nitrogens is 2. The summed E-state index contributed by atoms with van der Waals surface area (Å²) in [5.74, 6) is -0.616. The van der Waals surface area contributed by atoms with Crippen molar-refractivity contribution < 1.29 is 9.90 Å². The van der Waals surface area contributed by atoms with Crippen LogP contribution in [0.25, 0.3) is 0 Å². The molecule has 0 aliphatic carbocycles. The van der Waals surface area contributed by atoms with Crippen molar-refractivity contribution in [1.82, 2.24) is 9.55 Å². The van der Waals surface area contributed by atoms with E-state index < -0.39 is 11.9 Å². The van der Waals surface area contributed by atoms with E-state index in [1.165, 1.54) is 0 Å². The SMILES string of the molecule is CC(C)Cn1ccnc(NCCC(C)C(=O)O)c1=O. The van der Waals surface area contributed by atoms with Gasteiger partial charge in [0.2, 0.25) is 0 Å². The second-order valence-electron chi connectivity index (χ2n) is 5.08. The van der Waals surface area contributed by atoms with Crippen LogP contribution >= 0.6 is 0 Å². The summed E-state index contributed by atoms with van der Waals surface area (Å²) in [6, 6.07) is 0. The van der Waals surface area contributed by atoms with E-state index in [1.54, 1.807) is 23.9 Å². The van der Waals surface area contributed by atoms with E-state index in [0.717, 1.165) is 0 Å². The molecular formula is C13H21N3O3. The molecule has 0 saturated carbocycles. The lowest BCUT2D eigenvalue weighted by Crippen LogP contribution is -2.26.